The largest absolute Gasteiger partial charge is 0.496 e. The summed E-state index contributed by atoms with van der Waals surface area (Å²) >= 11 is 0. The molecule has 0 radical (unpaired) electrons. The van der Waals surface area contributed by atoms with Crippen LogP contribution in [0.4, 0.5) is 11.6 Å². The second-order valence-corrected chi connectivity index (χ2v) is 8.96. The molecule has 5 aromatic rings. The maximum atomic E-state index is 9.58. The van der Waals surface area contributed by atoms with E-state index in [0.29, 0.717) is 23.9 Å². The van der Waals surface area contributed by atoms with Crippen molar-refractivity contribution in [3.05, 3.63) is 40.7 Å². The zero-order chi connectivity index (χ0) is 24.3. The zero-order valence-corrected chi connectivity index (χ0v) is 20.2. The number of ether oxygens (including phenoxy) is 1. The van der Waals surface area contributed by atoms with Crippen LogP contribution in [-0.4, -0.2) is 48.7 Å². The molecule has 35 heavy (non-hydrogen) atoms. The highest BCUT2D eigenvalue weighted by Gasteiger charge is 2.25. The summed E-state index contributed by atoms with van der Waals surface area (Å²) in [5.74, 6) is 3.68. The average molecular weight is 474 g/mol. The lowest BCUT2D eigenvalue weighted by Crippen LogP contribution is -2.10. The number of aliphatic hydroxyl groups is 1. The summed E-state index contributed by atoms with van der Waals surface area (Å²) < 4.78 is 13.1. The first-order chi connectivity index (χ1) is 17.0. The minimum absolute atomic E-state index is 0.0161. The van der Waals surface area contributed by atoms with Crippen molar-refractivity contribution in [2.75, 3.05) is 19.0 Å². The Morgan fingerprint density at radius 2 is 2.06 bits per heavy atom. The SMILES string of the molecule is COc1cc2c(cc1-c1c(C)noc1C)[nH]c1nc(C)nc(Nc3c4c(nn3CCO)CCC4)c12. The number of aromatic amines is 1. The minimum atomic E-state index is 0.0161. The highest BCUT2D eigenvalue weighted by atomic mass is 16.5. The van der Waals surface area contributed by atoms with Gasteiger partial charge in [-0.3, -0.25) is 0 Å². The monoisotopic (exact) mass is 473 g/mol. The number of aromatic nitrogens is 6. The molecule has 0 saturated heterocycles. The molecule has 180 valence electrons. The fourth-order valence-electron chi connectivity index (χ4n) is 5.21. The van der Waals surface area contributed by atoms with Crippen LogP contribution in [-0.2, 0) is 19.4 Å². The van der Waals surface area contributed by atoms with Crippen LogP contribution in [0.5, 0.6) is 5.75 Å². The second-order valence-electron chi connectivity index (χ2n) is 8.96. The molecular formula is C25H27N7O3. The third kappa shape index (κ3) is 3.35. The van der Waals surface area contributed by atoms with Gasteiger partial charge >= 0.3 is 0 Å². The van der Waals surface area contributed by atoms with Crippen molar-refractivity contribution in [2.45, 2.75) is 46.6 Å². The molecule has 10 heteroatoms. The molecule has 3 N–H and O–H groups in total. The van der Waals surface area contributed by atoms with Gasteiger partial charge in [-0.05, 0) is 52.2 Å². The van der Waals surface area contributed by atoms with Crippen LogP contribution in [0.25, 0.3) is 33.1 Å². The van der Waals surface area contributed by atoms with E-state index in [4.69, 9.17) is 19.3 Å². The van der Waals surface area contributed by atoms with Gasteiger partial charge in [-0.1, -0.05) is 5.16 Å². The van der Waals surface area contributed by atoms with Crippen LogP contribution in [0.15, 0.2) is 16.7 Å². The van der Waals surface area contributed by atoms with Gasteiger partial charge in [-0.15, -0.1) is 0 Å². The summed E-state index contributed by atoms with van der Waals surface area (Å²) in [6, 6.07) is 4.06. The van der Waals surface area contributed by atoms with Crippen LogP contribution < -0.4 is 10.1 Å². The van der Waals surface area contributed by atoms with Crippen LogP contribution >= 0.6 is 0 Å². The summed E-state index contributed by atoms with van der Waals surface area (Å²) in [6.45, 7) is 6.13. The van der Waals surface area contributed by atoms with Gasteiger partial charge in [0.15, 0.2) is 0 Å². The summed E-state index contributed by atoms with van der Waals surface area (Å²) in [6.07, 6.45) is 2.99. The first-order valence-corrected chi connectivity index (χ1v) is 11.8. The van der Waals surface area contributed by atoms with Crippen molar-refractivity contribution < 1.29 is 14.4 Å². The van der Waals surface area contributed by atoms with Crippen molar-refractivity contribution in [2.24, 2.45) is 0 Å². The third-order valence-corrected chi connectivity index (χ3v) is 6.71. The smallest absolute Gasteiger partial charge is 0.145 e. The molecule has 0 spiro atoms. The number of benzene rings is 1. The van der Waals surface area contributed by atoms with Gasteiger partial charge in [0.25, 0.3) is 0 Å². The van der Waals surface area contributed by atoms with E-state index in [1.165, 1.54) is 5.56 Å². The first-order valence-electron chi connectivity index (χ1n) is 11.8. The van der Waals surface area contributed by atoms with E-state index in [2.05, 4.69) is 26.5 Å². The predicted molar refractivity (Wildman–Crippen MR) is 132 cm³/mol. The standard InChI is InChI=1S/C25H27N7O3/c1-12-21(13(2)35-31-12)17-10-19-16(11-20(17)34-4)22-23(28-19)26-14(3)27-24(22)29-25-15-6-5-7-18(15)30-32(25)8-9-33/h10-11,33H,5-9H2,1-4H3,(H2,26,27,28,29). The number of aryl methyl sites for hydroxylation is 4. The second kappa shape index (κ2) is 8.09. The molecule has 4 heterocycles. The highest BCUT2D eigenvalue weighted by molar-refractivity contribution is 6.13. The van der Waals surface area contributed by atoms with Gasteiger partial charge in [0.1, 0.15) is 34.6 Å². The van der Waals surface area contributed by atoms with E-state index in [-0.39, 0.29) is 6.61 Å². The molecule has 0 atom stereocenters. The Morgan fingerprint density at radius 1 is 1.20 bits per heavy atom. The summed E-state index contributed by atoms with van der Waals surface area (Å²) in [7, 11) is 1.66. The Bertz CT molecular complexity index is 1570. The molecule has 1 aliphatic rings. The lowest BCUT2D eigenvalue weighted by Gasteiger charge is -2.12. The lowest BCUT2D eigenvalue weighted by molar-refractivity contribution is 0.270. The van der Waals surface area contributed by atoms with Crippen molar-refractivity contribution in [1.82, 2.24) is 29.9 Å². The van der Waals surface area contributed by atoms with E-state index in [0.717, 1.165) is 75.3 Å². The number of aliphatic hydroxyl groups excluding tert-OH is 1. The molecule has 6 rings (SSSR count). The van der Waals surface area contributed by atoms with E-state index in [1.807, 2.05) is 31.5 Å². The number of nitrogens with one attached hydrogen (secondary N) is 2. The first kappa shape index (κ1) is 21.6. The van der Waals surface area contributed by atoms with E-state index < -0.39 is 0 Å². The summed E-state index contributed by atoms with van der Waals surface area (Å²) in [4.78, 5) is 12.9. The predicted octanol–water partition coefficient (Wildman–Crippen LogP) is 4.12. The van der Waals surface area contributed by atoms with Crippen molar-refractivity contribution in [3.63, 3.8) is 0 Å². The quantitative estimate of drug-likeness (QED) is 0.336. The average Bonchev–Trinajstić information content (AvgIpc) is 3.57. The molecule has 4 aromatic heterocycles. The molecule has 10 nitrogen and oxygen atoms in total. The fraction of sp³-hybridized carbons (Fsp3) is 0.360. The topological polar surface area (TPSA) is 127 Å². The number of fused-ring (bicyclic) bond motifs is 4. The lowest BCUT2D eigenvalue weighted by atomic mass is 10.0. The van der Waals surface area contributed by atoms with Crippen LogP contribution in [0.3, 0.4) is 0 Å². The highest BCUT2D eigenvalue weighted by Crippen LogP contribution is 2.41. The molecule has 0 aliphatic heterocycles. The number of hydrogen-bond donors (Lipinski definition) is 3. The number of anilines is 2. The Hall–Kier alpha value is -3.92. The number of rotatable bonds is 6. The molecule has 1 aromatic carbocycles. The third-order valence-electron chi connectivity index (χ3n) is 6.71. The Balaban J connectivity index is 1.56. The van der Waals surface area contributed by atoms with Gasteiger partial charge in [0.05, 0.1) is 42.6 Å². The molecule has 0 bridgehead atoms. The Morgan fingerprint density at radius 3 is 2.80 bits per heavy atom. The van der Waals surface area contributed by atoms with Crippen LogP contribution in [0, 0.1) is 20.8 Å². The molecule has 0 saturated carbocycles. The van der Waals surface area contributed by atoms with Gasteiger partial charge in [-0.2, -0.15) is 5.10 Å². The van der Waals surface area contributed by atoms with Crippen LogP contribution in [0.1, 0.15) is 35.0 Å². The number of methoxy groups -OCH3 is 1. The normalized spacial score (nSPS) is 13.2. The van der Waals surface area contributed by atoms with Crippen molar-refractivity contribution in [1.29, 1.82) is 0 Å². The minimum Gasteiger partial charge on any atom is -0.496 e. The number of hydrogen-bond acceptors (Lipinski definition) is 8. The number of H-pyrrole nitrogens is 1. The molecule has 0 fully saturated rings. The van der Waals surface area contributed by atoms with Gasteiger partial charge < -0.3 is 24.7 Å². The zero-order valence-electron chi connectivity index (χ0n) is 20.2. The maximum absolute atomic E-state index is 9.58. The maximum Gasteiger partial charge on any atom is 0.145 e. The Kier molecular flexibility index (Phi) is 4.99. The summed E-state index contributed by atoms with van der Waals surface area (Å²) in [5, 5.41) is 23.8. The van der Waals surface area contributed by atoms with Crippen molar-refractivity contribution in [3.8, 4) is 16.9 Å². The van der Waals surface area contributed by atoms with Gasteiger partial charge in [0.2, 0.25) is 0 Å². The molecular weight excluding hydrogens is 446 g/mol. The van der Waals surface area contributed by atoms with Gasteiger partial charge in [-0.25, -0.2) is 14.6 Å². The van der Waals surface area contributed by atoms with Crippen molar-refractivity contribution >= 4 is 33.6 Å². The number of nitrogens with zero attached hydrogens (tertiary/aromatic N) is 5. The summed E-state index contributed by atoms with van der Waals surface area (Å²) in [5.41, 5.74) is 6.56. The molecule has 1 aliphatic carbocycles. The molecule has 0 amide bonds. The van der Waals surface area contributed by atoms with E-state index >= 15 is 0 Å². The molecule has 0 unspecified atom stereocenters. The van der Waals surface area contributed by atoms with Gasteiger partial charge in [0, 0.05) is 22.0 Å². The Labute approximate surface area is 201 Å². The van der Waals surface area contributed by atoms with Crippen LogP contribution in [0.2, 0.25) is 0 Å². The van der Waals surface area contributed by atoms with E-state index in [9.17, 15) is 5.11 Å². The fourth-order valence-corrected chi connectivity index (χ4v) is 5.21. The van der Waals surface area contributed by atoms with E-state index in [1.54, 1.807) is 7.11 Å².